The Morgan fingerprint density at radius 3 is 2.25 bits per heavy atom. The molecule has 0 saturated carbocycles. The molecule has 0 aromatic rings. The summed E-state index contributed by atoms with van der Waals surface area (Å²) in [6.45, 7) is 8.98. The van der Waals surface area contributed by atoms with Gasteiger partial charge in [0.1, 0.15) is 0 Å². The zero-order valence-electron chi connectivity index (χ0n) is 11.5. The first kappa shape index (κ1) is 15.9. The molecule has 0 aliphatic heterocycles. The average molecular weight is 232 g/mol. The van der Waals surface area contributed by atoms with Crippen LogP contribution < -0.4 is 0 Å². The van der Waals surface area contributed by atoms with Gasteiger partial charge in [-0.3, -0.25) is 0 Å². The third-order valence-electron chi connectivity index (χ3n) is 2.50. The van der Waals surface area contributed by atoms with E-state index in [4.69, 9.17) is 14.2 Å². The van der Waals surface area contributed by atoms with E-state index in [9.17, 15) is 0 Å². The molecule has 0 aliphatic rings. The molecule has 0 rings (SSSR count). The van der Waals surface area contributed by atoms with Gasteiger partial charge < -0.3 is 14.2 Å². The van der Waals surface area contributed by atoms with E-state index in [0.29, 0.717) is 12.0 Å². The van der Waals surface area contributed by atoms with Crippen molar-refractivity contribution in [1.29, 1.82) is 0 Å². The lowest BCUT2D eigenvalue weighted by atomic mass is 9.91. The van der Waals surface area contributed by atoms with Crippen LogP contribution in [0.25, 0.3) is 0 Å². The van der Waals surface area contributed by atoms with Crippen molar-refractivity contribution in [3.8, 4) is 0 Å². The van der Waals surface area contributed by atoms with Crippen molar-refractivity contribution in [2.75, 3.05) is 34.0 Å². The summed E-state index contributed by atoms with van der Waals surface area (Å²) in [6.07, 6.45) is 3.37. The fraction of sp³-hybridized carbons (Fsp3) is 1.00. The summed E-state index contributed by atoms with van der Waals surface area (Å²) in [4.78, 5) is 0. The summed E-state index contributed by atoms with van der Waals surface area (Å²) in [5.41, 5.74) is 0.403. The van der Waals surface area contributed by atoms with Gasteiger partial charge in [0.05, 0.1) is 12.7 Å². The normalized spacial score (nSPS) is 14.1. The molecule has 0 heterocycles. The van der Waals surface area contributed by atoms with Crippen molar-refractivity contribution in [1.82, 2.24) is 0 Å². The van der Waals surface area contributed by atoms with Gasteiger partial charge in [-0.25, -0.2) is 0 Å². The first-order valence-electron chi connectivity index (χ1n) is 6.09. The van der Waals surface area contributed by atoms with Crippen LogP contribution in [-0.4, -0.2) is 40.1 Å². The second kappa shape index (κ2) is 8.97. The summed E-state index contributed by atoms with van der Waals surface area (Å²) in [7, 11) is 3.43. The Balaban J connectivity index is 3.41. The highest BCUT2D eigenvalue weighted by Crippen LogP contribution is 2.20. The highest BCUT2D eigenvalue weighted by atomic mass is 16.5. The molecule has 16 heavy (non-hydrogen) atoms. The molecule has 1 unspecified atom stereocenters. The maximum Gasteiger partial charge on any atom is 0.0826 e. The Labute approximate surface area is 100 Å². The minimum atomic E-state index is 0.162. The quantitative estimate of drug-likeness (QED) is 0.572. The molecule has 98 valence electrons. The second-order valence-corrected chi connectivity index (χ2v) is 5.38. The number of rotatable bonds is 9. The summed E-state index contributed by atoms with van der Waals surface area (Å²) in [5, 5.41) is 0. The van der Waals surface area contributed by atoms with E-state index >= 15 is 0 Å². The first-order chi connectivity index (χ1) is 7.49. The summed E-state index contributed by atoms with van der Waals surface area (Å²) >= 11 is 0. The van der Waals surface area contributed by atoms with Crippen molar-refractivity contribution in [3.63, 3.8) is 0 Å². The summed E-state index contributed by atoms with van der Waals surface area (Å²) in [6, 6.07) is 0. The zero-order valence-corrected chi connectivity index (χ0v) is 11.5. The molecule has 3 nitrogen and oxygen atoms in total. The predicted molar refractivity (Wildman–Crippen MR) is 66.8 cm³/mol. The van der Waals surface area contributed by atoms with Gasteiger partial charge in [-0.15, -0.1) is 0 Å². The topological polar surface area (TPSA) is 27.7 Å². The van der Waals surface area contributed by atoms with Crippen LogP contribution in [0.1, 0.15) is 40.0 Å². The van der Waals surface area contributed by atoms with Crippen LogP contribution in [0.15, 0.2) is 0 Å². The molecule has 0 fully saturated rings. The van der Waals surface area contributed by atoms with Crippen molar-refractivity contribution >= 4 is 0 Å². The molecule has 0 aliphatic carbocycles. The van der Waals surface area contributed by atoms with Gasteiger partial charge in [-0.05, 0) is 24.7 Å². The maximum atomic E-state index is 5.60. The molecular formula is C13H28O3. The van der Waals surface area contributed by atoms with Gasteiger partial charge >= 0.3 is 0 Å². The standard InChI is InChI=1S/C13H28O3/c1-13(2,3)8-6-9-16-11-12(15-5)7-10-14-4/h12H,6-11H2,1-5H3. The van der Waals surface area contributed by atoms with E-state index in [1.165, 1.54) is 6.42 Å². The fourth-order valence-electron chi connectivity index (χ4n) is 1.44. The fourth-order valence-corrected chi connectivity index (χ4v) is 1.44. The van der Waals surface area contributed by atoms with Gasteiger partial charge in [-0.2, -0.15) is 0 Å². The van der Waals surface area contributed by atoms with E-state index in [1.54, 1.807) is 14.2 Å². The van der Waals surface area contributed by atoms with Crippen LogP contribution in [0.4, 0.5) is 0 Å². The molecule has 0 spiro atoms. The highest BCUT2D eigenvalue weighted by Gasteiger charge is 2.10. The molecule has 0 aromatic carbocycles. The predicted octanol–water partition coefficient (Wildman–Crippen LogP) is 2.88. The molecule has 1 atom stereocenters. The lowest BCUT2D eigenvalue weighted by molar-refractivity contribution is -0.00868. The van der Waals surface area contributed by atoms with E-state index < -0.39 is 0 Å². The van der Waals surface area contributed by atoms with Crippen LogP contribution in [0, 0.1) is 5.41 Å². The average Bonchev–Trinajstić information content (AvgIpc) is 2.20. The third kappa shape index (κ3) is 10.4. The lowest BCUT2D eigenvalue weighted by Crippen LogP contribution is -2.20. The highest BCUT2D eigenvalue weighted by molar-refractivity contribution is 4.61. The molecule has 0 saturated heterocycles. The van der Waals surface area contributed by atoms with Crippen molar-refractivity contribution in [2.45, 2.75) is 46.1 Å². The molecule has 0 bridgehead atoms. The number of hydrogen-bond acceptors (Lipinski definition) is 3. The van der Waals surface area contributed by atoms with Gasteiger partial charge in [0.2, 0.25) is 0 Å². The van der Waals surface area contributed by atoms with Crippen LogP contribution in [0.2, 0.25) is 0 Å². The summed E-state index contributed by atoms with van der Waals surface area (Å²) in [5.74, 6) is 0. The molecule has 3 heteroatoms. The van der Waals surface area contributed by atoms with Crippen LogP contribution in [-0.2, 0) is 14.2 Å². The SMILES string of the molecule is COCCC(COCCCC(C)(C)C)OC. The van der Waals surface area contributed by atoms with Crippen LogP contribution >= 0.6 is 0 Å². The van der Waals surface area contributed by atoms with Crippen molar-refractivity contribution in [3.05, 3.63) is 0 Å². The smallest absolute Gasteiger partial charge is 0.0826 e. The monoisotopic (exact) mass is 232 g/mol. The Kier molecular flexibility index (Phi) is 8.90. The van der Waals surface area contributed by atoms with Crippen LogP contribution in [0.5, 0.6) is 0 Å². The molecule has 0 radical (unpaired) electrons. The Bertz CT molecular complexity index is 152. The van der Waals surface area contributed by atoms with Gasteiger partial charge in [-0.1, -0.05) is 20.8 Å². The minimum absolute atomic E-state index is 0.162. The molecule has 0 amide bonds. The van der Waals surface area contributed by atoms with E-state index in [1.807, 2.05) is 0 Å². The molecule has 0 N–H and O–H groups in total. The largest absolute Gasteiger partial charge is 0.385 e. The van der Waals surface area contributed by atoms with Gasteiger partial charge in [0.25, 0.3) is 0 Å². The Morgan fingerprint density at radius 1 is 1.06 bits per heavy atom. The van der Waals surface area contributed by atoms with Crippen molar-refractivity contribution < 1.29 is 14.2 Å². The van der Waals surface area contributed by atoms with Gasteiger partial charge in [0, 0.05) is 27.4 Å². The van der Waals surface area contributed by atoms with E-state index in [0.717, 1.165) is 26.1 Å². The third-order valence-corrected chi connectivity index (χ3v) is 2.50. The van der Waals surface area contributed by atoms with Crippen LogP contribution in [0.3, 0.4) is 0 Å². The Morgan fingerprint density at radius 2 is 1.75 bits per heavy atom. The van der Waals surface area contributed by atoms with E-state index in [2.05, 4.69) is 20.8 Å². The number of hydrogen-bond donors (Lipinski definition) is 0. The number of ether oxygens (including phenoxy) is 3. The summed E-state index contributed by atoms with van der Waals surface area (Å²) < 4.78 is 15.9. The number of methoxy groups -OCH3 is 2. The van der Waals surface area contributed by atoms with E-state index in [-0.39, 0.29) is 6.10 Å². The van der Waals surface area contributed by atoms with Gasteiger partial charge in [0.15, 0.2) is 0 Å². The second-order valence-electron chi connectivity index (χ2n) is 5.38. The van der Waals surface area contributed by atoms with Crippen molar-refractivity contribution in [2.24, 2.45) is 5.41 Å². The first-order valence-corrected chi connectivity index (χ1v) is 6.09. The minimum Gasteiger partial charge on any atom is -0.385 e. The zero-order chi connectivity index (χ0) is 12.4. The molecule has 0 aromatic heterocycles. The lowest BCUT2D eigenvalue weighted by Gasteiger charge is -2.19. The maximum absolute atomic E-state index is 5.60. The molecular weight excluding hydrogens is 204 g/mol. The Hall–Kier alpha value is -0.120.